The van der Waals surface area contributed by atoms with Crippen LogP contribution in [0.15, 0.2) is 18.2 Å². The van der Waals surface area contributed by atoms with E-state index in [4.69, 9.17) is 14.6 Å². The average Bonchev–Trinajstić information content (AvgIpc) is 2.85. The number of para-hydroxylation sites is 1. The van der Waals surface area contributed by atoms with E-state index in [1.54, 1.807) is 0 Å². The Morgan fingerprint density at radius 3 is 3.05 bits per heavy atom. The number of nitrogens with zero attached hydrogens (tertiary/aromatic N) is 1. The second-order valence-corrected chi connectivity index (χ2v) is 4.89. The minimum atomic E-state index is -0.783. The van der Waals surface area contributed by atoms with Gasteiger partial charge in [-0.3, -0.25) is 9.69 Å². The van der Waals surface area contributed by atoms with Gasteiger partial charge in [0, 0.05) is 11.6 Å². The maximum Gasteiger partial charge on any atom is 0.317 e. The number of carboxylic acid groups (broad SMARTS) is 1. The van der Waals surface area contributed by atoms with E-state index in [1.807, 2.05) is 23.1 Å². The first-order valence-electron chi connectivity index (χ1n) is 6.60. The zero-order valence-corrected chi connectivity index (χ0v) is 10.7. The van der Waals surface area contributed by atoms with Crippen molar-refractivity contribution in [2.75, 3.05) is 26.3 Å². The maximum absolute atomic E-state index is 10.9. The monoisotopic (exact) mass is 263 g/mol. The van der Waals surface area contributed by atoms with Crippen molar-refractivity contribution in [1.82, 2.24) is 4.90 Å². The van der Waals surface area contributed by atoms with Crippen LogP contribution in [0.5, 0.6) is 11.5 Å². The van der Waals surface area contributed by atoms with Gasteiger partial charge in [0.2, 0.25) is 0 Å². The largest absolute Gasteiger partial charge is 0.486 e. The molecule has 0 saturated carbocycles. The highest BCUT2D eigenvalue weighted by Gasteiger charge is 2.31. The summed E-state index contributed by atoms with van der Waals surface area (Å²) in [5, 5.41) is 8.98. The van der Waals surface area contributed by atoms with Crippen LogP contribution in [0.1, 0.15) is 24.4 Å². The Labute approximate surface area is 111 Å². The summed E-state index contributed by atoms with van der Waals surface area (Å²) >= 11 is 0. The smallest absolute Gasteiger partial charge is 0.317 e. The molecule has 0 unspecified atom stereocenters. The fraction of sp³-hybridized carbons (Fsp3) is 0.500. The molecule has 102 valence electrons. The van der Waals surface area contributed by atoms with Gasteiger partial charge in [-0.05, 0) is 25.5 Å². The quantitative estimate of drug-likeness (QED) is 0.899. The predicted octanol–water partition coefficient (Wildman–Crippen LogP) is 1.68. The van der Waals surface area contributed by atoms with Gasteiger partial charge in [-0.1, -0.05) is 12.1 Å². The highest BCUT2D eigenvalue weighted by Crippen LogP contribution is 2.42. The van der Waals surface area contributed by atoms with Gasteiger partial charge in [-0.15, -0.1) is 0 Å². The minimum Gasteiger partial charge on any atom is -0.486 e. The van der Waals surface area contributed by atoms with Crippen LogP contribution < -0.4 is 9.47 Å². The Balaban J connectivity index is 1.90. The molecule has 0 amide bonds. The van der Waals surface area contributed by atoms with Gasteiger partial charge in [-0.25, -0.2) is 0 Å². The zero-order chi connectivity index (χ0) is 13.2. The maximum atomic E-state index is 10.9. The minimum absolute atomic E-state index is 0.0786. The van der Waals surface area contributed by atoms with Crippen molar-refractivity contribution >= 4 is 5.97 Å². The van der Waals surface area contributed by atoms with Crippen molar-refractivity contribution in [2.24, 2.45) is 0 Å². The van der Waals surface area contributed by atoms with Gasteiger partial charge < -0.3 is 14.6 Å². The Bertz CT molecular complexity index is 488. The van der Waals surface area contributed by atoms with E-state index < -0.39 is 5.97 Å². The molecule has 19 heavy (non-hydrogen) atoms. The van der Waals surface area contributed by atoms with Crippen LogP contribution in [0.4, 0.5) is 0 Å². The third-order valence-electron chi connectivity index (χ3n) is 3.66. The van der Waals surface area contributed by atoms with Gasteiger partial charge >= 0.3 is 5.97 Å². The summed E-state index contributed by atoms with van der Waals surface area (Å²) in [5.41, 5.74) is 1.05. The van der Waals surface area contributed by atoms with Crippen LogP contribution in [-0.2, 0) is 4.79 Å². The van der Waals surface area contributed by atoms with Crippen molar-refractivity contribution in [3.63, 3.8) is 0 Å². The third kappa shape index (κ3) is 2.38. The molecule has 2 aliphatic heterocycles. The Hall–Kier alpha value is -1.75. The molecule has 0 aromatic heterocycles. The number of rotatable bonds is 3. The van der Waals surface area contributed by atoms with E-state index in [1.165, 1.54) is 0 Å². The lowest BCUT2D eigenvalue weighted by atomic mass is 10.0. The van der Waals surface area contributed by atoms with E-state index in [-0.39, 0.29) is 12.6 Å². The highest BCUT2D eigenvalue weighted by molar-refractivity contribution is 5.69. The van der Waals surface area contributed by atoms with Gasteiger partial charge in [0.05, 0.1) is 6.54 Å². The van der Waals surface area contributed by atoms with E-state index in [0.29, 0.717) is 13.2 Å². The van der Waals surface area contributed by atoms with Crippen LogP contribution in [0.3, 0.4) is 0 Å². The van der Waals surface area contributed by atoms with Crippen LogP contribution in [-0.4, -0.2) is 42.3 Å². The topological polar surface area (TPSA) is 59.0 Å². The van der Waals surface area contributed by atoms with Gasteiger partial charge in [0.15, 0.2) is 11.5 Å². The molecule has 0 aliphatic carbocycles. The number of ether oxygens (including phenoxy) is 2. The normalized spacial score (nSPS) is 22.4. The number of carboxylic acids is 1. The molecule has 3 rings (SSSR count). The van der Waals surface area contributed by atoms with Crippen LogP contribution in [0, 0.1) is 0 Å². The number of carbonyl (C=O) groups is 1. The number of benzene rings is 1. The molecule has 2 aliphatic rings. The SMILES string of the molecule is O=C(O)CN1CCC[C@@H]1c1cccc2c1OCCO2. The highest BCUT2D eigenvalue weighted by atomic mass is 16.6. The summed E-state index contributed by atoms with van der Waals surface area (Å²) in [6.45, 7) is 2.02. The molecule has 0 spiro atoms. The van der Waals surface area contributed by atoms with Crippen LogP contribution in [0.25, 0.3) is 0 Å². The van der Waals surface area contributed by atoms with Gasteiger partial charge in [-0.2, -0.15) is 0 Å². The summed E-state index contributed by atoms with van der Waals surface area (Å²) < 4.78 is 11.3. The molecular formula is C14H17NO4. The molecule has 2 heterocycles. The fourth-order valence-corrected chi connectivity index (χ4v) is 2.90. The lowest BCUT2D eigenvalue weighted by molar-refractivity contribution is -0.138. The molecule has 1 saturated heterocycles. The average molecular weight is 263 g/mol. The van der Waals surface area contributed by atoms with Crippen LogP contribution in [0.2, 0.25) is 0 Å². The first-order chi connectivity index (χ1) is 9.25. The first-order valence-corrected chi connectivity index (χ1v) is 6.60. The van der Waals surface area contributed by atoms with E-state index in [0.717, 1.165) is 36.4 Å². The van der Waals surface area contributed by atoms with Crippen molar-refractivity contribution in [2.45, 2.75) is 18.9 Å². The zero-order valence-electron chi connectivity index (χ0n) is 10.7. The fourth-order valence-electron chi connectivity index (χ4n) is 2.90. The van der Waals surface area contributed by atoms with Crippen molar-refractivity contribution in [3.8, 4) is 11.5 Å². The third-order valence-corrected chi connectivity index (χ3v) is 3.66. The Morgan fingerprint density at radius 1 is 1.37 bits per heavy atom. The summed E-state index contributed by atoms with van der Waals surface area (Å²) in [4.78, 5) is 12.9. The van der Waals surface area contributed by atoms with Gasteiger partial charge in [0.1, 0.15) is 13.2 Å². The first kappa shape index (κ1) is 12.3. The van der Waals surface area contributed by atoms with E-state index >= 15 is 0 Å². The molecule has 1 aromatic carbocycles. The summed E-state index contributed by atoms with van der Waals surface area (Å²) in [5.74, 6) is 0.774. The number of aliphatic carboxylic acids is 1. The molecule has 1 atom stereocenters. The Morgan fingerprint density at radius 2 is 2.21 bits per heavy atom. The van der Waals surface area contributed by atoms with E-state index in [2.05, 4.69) is 0 Å². The van der Waals surface area contributed by atoms with Crippen LogP contribution >= 0.6 is 0 Å². The molecule has 1 N–H and O–H groups in total. The summed E-state index contributed by atoms with van der Waals surface area (Å²) in [7, 11) is 0. The van der Waals surface area contributed by atoms with Gasteiger partial charge in [0.25, 0.3) is 0 Å². The number of hydrogen-bond donors (Lipinski definition) is 1. The number of likely N-dealkylation sites (tertiary alicyclic amines) is 1. The molecule has 0 radical (unpaired) electrons. The van der Waals surface area contributed by atoms with Crippen molar-refractivity contribution < 1.29 is 19.4 Å². The molecule has 1 fully saturated rings. The molecule has 5 nitrogen and oxygen atoms in total. The number of fused-ring (bicyclic) bond motifs is 1. The lowest BCUT2D eigenvalue weighted by Gasteiger charge is -2.27. The lowest BCUT2D eigenvalue weighted by Crippen LogP contribution is -2.30. The summed E-state index contributed by atoms with van der Waals surface area (Å²) in [6.07, 6.45) is 1.98. The standard InChI is InChI=1S/C14H17NO4/c16-13(17)9-15-6-2-4-11(15)10-3-1-5-12-14(10)19-8-7-18-12/h1,3,5,11H,2,4,6-9H2,(H,16,17)/t11-/m1/s1. The van der Waals surface area contributed by atoms with E-state index in [9.17, 15) is 4.79 Å². The molecule has 1 aromatic rings. The van der Waals surface area contributed by atoms with Crippen molar-refractivity contribution in [3.05, 3.63) is 23.8 Å². The number of hydrogen-bond acceptors (Lipinski definition) is 4. The second-order valence-electron chi connectivity index (χ2n) is 4.89. The predicted molar refractivity (Wildman–Crippen MR) is 68.6 cm³/mol. The molecular weight excluding hydrogens is 246 g/mol. The molecule has 5 heteroatoms. The molecule has 0 bridgehead atoms. The summed E-state index contributed by atoms with van der Waals surface area (Å²) in [6, 6.07) is 5.97. The van der Waals surface area contributed by atoms with Crippen molar-refractivity contribution in [1.29, 1.82) is 0 Å². The Kier molecular flexibility index (Phi) is 3.29. The second kappa shape index (κ2) is 5.09.